The SMILES string of the molecule is CCC(C)c1cc(B2OC(C)(C)C(C)(C)O2)ccn1. The third-order valence-corrected chi connectivity index (χ3v) is 4.45. The first kappa shape index (κ1) is 14.5. The molecule has 1 atom stereocenters. The molecule has 0 amide bonds. The molecule has 0 N–H and O–H groups in total. The number of hydrogen-bond donors (Lipinski definition) is 0. The molecule has 2 rings (SSSR count). The summed E-state index contributed by atoms with van der Waals surface area (Å²) in [5.41, 5.74) is 1.58. The van der Waals surface area contributed by atoms with Gasteiger partial charge in [0.15, 0.2) is 0 Å². The van der Waals surface area contributed by atoms with Crippen LogP contribution in [0.1, 0.15) is 59.6 Å². The summed E-state index contributed by atoms with van der Waals surface area (Å²) in [6.07, 6.45) is 2.93. The van der Waals surface area contributed by atoms with Crippen molar-refractivity contribution < 1.29 is 9.31 Å². The molecule has 1 unspecified atom stereocenters. The van der Waals surface area contributed by atoms with Crippen molar-refractivity contribution >= 4 is 12.6 Å². The minimum Gasteiger partial charge on any atom is -0.399 e. The van der Waals surface area contributed by atoms with E-state index in [9.17, 15) is 0 Å². The van der Waals surface area contributed by atoms with E-state index in [1.807, 2.05) is 12.3 Å². The van der Waals surface area contributed by atoms with Crippen molar-refractivity contribution in [2.45, 2.75) is 65.1 Å². The number of nitrogens with zero attached hydrogens (tertiary/aromatic N) is 1. The predicted molar refractivity (Wildman–Crippen MR) is 78.7 cm³/mol. The Morgan fingerprint density at radius 2 is 1.79 bits per heavy atom. The summed E-state index contributed by atoms with van der Waals surface area (Å²) in [5.74, 6) is 0.461. The molecule has 0 spiro atoms. The van der Waals surface area contributed by atoms with Crippen molar-refractivity contribution in [3.05, 3.63) is 24.0 Å². The molecule has 4 heteroatoms. The van der Waals surface area contributed by atoms with Gasteiger partial charge in [0, 0.05) is 11.9 Å². The minimum absolute atomic E-state index is 0.294. The third-order valence-electron chi connectivity index (χ3n) is 4.45. The molecule has 1 aromatic rings. The zero-order chi connectivity index (χ0) is 14.3. The van der Waals surface area contributed by atoms with Gasteiger partial charge in [-0.05, 0) is 57.6 Å². The van der Waals surface area contributed by atoms with Crippen molar-refractivity contribution in [1.82, 2.24) is 4.98 Å². The number of rotatable bonds is 3. The van der Waals surface area contributed by atoms with Gasteiger partial charge in [-0.25, -0.2) is 0 Å². The van der Waals surface area contributed by atoms with Crippen molar-refractivity contribution in [2.75, 3.05) is 0 Å². The Morgan fingerprint density at radius 3 is 2.32 bits per heavy atom. The molecular weight excluding hydrogens is 237 g/mol. The maximum atomic E-state index is 6.07. The van der Waals surface area contributed by atoms with E-state index in [2.05, 4.69) is 52.6 Å². The van der Waals surface area contributed by atoms with Crippen LogP contribution in [0.5, 0.6) is 0 Å². The zero-order valence-corrected chi connectivity index (χ0v) is 12.9. The van der Waals surface area contributed by atoms with Gasteiger partial charge in [-0.2, -0.15) is 0 Å². The molecule has 104 valence electrons. The second-order valence-corrected chi connectivity index (χ2v) is 6.41. The average molecular weight is 261 g/mol. The summed E-state index contributed by atoms with van der Waals surface area (Å²) < 4.78 is 12.1. The van der Waals surface area contributed by atoms with Gasteiger partial charge >= 0.3 is 7.12 Å². The summed E-state index contributed by atoms with van der Waals surface area (Å²) in [6, 6.07) is 4.09. The van der Waals surface area contributed by atoms with Crippen LogP contribution in [0.15, 0.2) is 18.3 Å². The Bertz CT molecular complexity index is 443. The lowest BCUT2D eigenvalue weighted by Gasteiger charge is -2.32. The van der Waals surface area contributed by atoms with E-state index in [4.69, 9.17) is 9.31 Å². The van der Waals surface area contributed by atoms with Gasteiger partial charge in [-0.15, -0.1) is 0 Å². The first-order valence-corrected chi connectivity index (χ1v) is 7.08. The van der Waals surface area contributed by atoms with Gasteiger partial charge in [-0.1, -0.05) is 13.8 Å². The quantitative estimate of drug-likeness (QED) is 0.784. The highest BCUT2D eigenvalue weighted by atomic mass is 16.7. The van der Waals surface area contributed by atoms with Crippen LogP contribution >= 0.6 is 0 Å². The standard InChI is InChI=1S/C15H24BNO2/c1-7-11(2)13-10-12(8-9-17-13)16-18-14(3,4)15(5,6)19-16/h8-11H,7H2,1-6H3. The van der Waals surface area contributed by atoms with Crippen molar-refractivity contribution in [1.29, 1.82) is 0 Å². The van der Waals surface area contributed by atoms with E-state index in [1.165, 1.54) is 0 Å². The van der Waals surface area contributed by atoms with Gasteiger partial charge in [0.1, 0.15) is 0 Å². The maximum Gasteiger partial charge on any atom is 0.494 e. The fourth-order valence-corrected chi connectivity index (χ4v) is 2.07. The second-order valence-electron chi connectivity index (χ2n) is 6.41. The van der Waals surface area contributed by atoms with Crippen molar-refractivity contribution in [3.63, 3.8) is 0 Å². The molecule has 1 aromatic heterocycles. The van der Waals surface area contributed by atoms with Crippen LogP contribution in [0.3, 0.4) is 0 Å². The monoisotopic (exact) mass is 261 g/mol. The Balaban J connectivity index is 2.25. The van der Waals surface area contributed by atoms with Crippen LogP contribution in [0.2, 0.25) is 0 Å². The Hall–Kier alpha value is -0.865. The molecule has 0 saturated carbocycles. The summed E-state index contributed by atoms with van der Waals surface area (Å²) in [7, 11) is -0.296. The normalized spacial score (nSPS) is 22.5. The third kappa shape index (κ3) is 2.70. The lowest BCUT2D eigenvalue weighted by molar-refractivity contribution is 0.00578. The molecule has 0 radical (unpaired) electrons. The van der Waals surface area contributed by atoms with Crippen LogP contribution in [-0.4, -0.2) is 23.3 Å². The topological polar surface area (TPSA) is 31.4 Å². The first-order chi connectivity index (χ1) is 8.77. The second kappa shape index (κ2) is 4.91. The van der Waals surface area contributed by atoms with E-state index in [1.54, 1.807) is 0 Å². The van der Waals surface area contributed by atoms with E-state index in [0.717, 1.165) is 17.6 Å². The summed E-state index contributed by atoms with van der Waals surface area (Å²) in [6.45, 7) is 12.7. The van der Waals surface area contributed by atoms with Crippen molar-refractivity contribution in [3.8, 4) is 0 Å². The molecule has 3 nitrogen and oxygen atoms in total. The van der Waals surface area contributed by atoms with Crippen LogP contribution in [0.25, 0.3) is 0 Å². The highest BCUT2D eigenvalue weighted by molar-refractivity contribution is 6.62. The lowest BCUT2D eigenvalue weighted by Crippen LogP contribution is -2.41. The predicted octanol–water partition coefficient (Wildman–Crippen LogP) is 2.89. The van der Waals surface area contributed by atoms with Gasteiger partial charge in [0.05, 0.1) is 11.2 Å². The van der Waals surface area contributed by atoms with Gasteiger partial charge in [-0.3, -0.25) is 4.98 Å². The number of aromatic nitrogens is 1. The van der Waals surface area contributed by atoms with Gasteiger partial charge < -0.3 is 9.31 Å². The molecule has 0 aliphatic carbocycles. The zero-order valence-electron chi connectivity index (χ0n) is 12.9. The van der Waals surface area contributed by atoms with E-state index in [0.29, 0.717) is 5.92 Å². The van der Waals surface area contributed by atoms with E-state index < -0.39 is 0 Å². The summed E-state index contributed by atoms with van der Waals surface area (Å²) in [5, 5.41) is 0. The number of pyridine rings is 1. The Kier molecular flexibility index (Phi) is 3.76. The molecule has 1 saturated heterocycles. The Morgan fingerprint density at radius 1 is 1.21 bits per heavy atom. The fraction of sp³-hybridized carbons (Fsp3) is 0.667. The number of hydrogen-bond acceptors (Lipinski definition) is 3. The lowest BCUT2D eigenvalue weighted by atomic mass is 9.78. The fourth-order valence-electron chi connectivity index (χ4n) is 2.07. The average Bonchev–Trinajstić information content (AvgIpc) is 2.58. The largest absolute Gasteiger partial charge is 0.494 e. The smallest absolute Gasteiger partial charge is 0.399 e. The van der Waals surface area contributed by atoms with Crippen LogP contribution in [0, 0.1) is 0 Å². The molecule has 1 aliphatic rings. The van der Waals surface area contributed by atoms with Gasteiger partial charge in [0.2, 0.25) is 0 Å². The van der Waals surface area contributed by atoms with E-state index in [-0.39, 0.29) is 18.3 Å². The first-order valence-electron chi connectivity index (χ1n) is 7.08. The molecule has 1 aliphatic heterocycles. The van der Waals surface area contributed by atoms with Crippen LogP contribution in [-0.2, 0) is 9.31 Å². The van der Waals surface area contributed by atoms with Crippen LogP contribution < -0.4 is 5.46 Å². The molecular formula is C15H24BNO2. The highest BCUT2D eigenvalue weighted by Gasteiger charge is 2.51. The van der Waals surface area contributed by atoms with E-state index >= 15 is 0 Å². The summed E-state index contributed by atoms with van der Waals surface area (Å²) >= 11 is 0. The molecule has 19 heavy (non-hydrogen) atoms. The van der Waals surface area contributed by atoms with Gasteiger partial charge in [0.25, 0.3) is 0 Å². The minimum atomic E-state index is -0.296. The van der Waals surface area contributed by atoms with Crippen molar-refractivity contribution in [2.24, 2.45) is 0 Å². The molecule has 1 fully saturated rings. The molecule has 2 heterocycles. The summed E-state index contributed by atoms with van der Waals surface area (Å²) in [4.78, 5) is 4.44. The Labute approximate surface area is 116 Å². The maximum absolute atomic E-state index is 6.07. The highest BCUT2D eigenvalue weighted by Crippen LogP contribution is 2.36. The molecule has 0 aromatic carbocycles. The van der Waals surface area contributed by atoms with Crippen LogP contribution in [0.4, 0.5) is 0 Å². The molecule has 0 bridgehead atoms.